The van der Waals surface area contributed by atoms with Gasteiger partial charge in [-0.2, -0.15) is 11.8 Å². The van der Waals surface area contributed by atoms with Crippen molar-refractivity contribution in [3.8, 4) is 0 Å². The molecular weight excluding hydrogens is 312 g/mol. The SMILES string of the molecule is CC1SCCSC1c1ncc(Br)c(=S)[nH]1. The van der Waals surface area contributed by atoms with Gasteiger partial charge in [0.2, 0.25) is 0 Å². The summed E-state index contributed by atoms with van der Waals surface area (Å²) in [5, 5.41) is 1.04. The first-order chi connectivity index (χ1) is 7.18. The minimum Gasteiger partial charge on any atom is -0.333 e. The van der Waals surface area contributed by atoms with E-state index >= 15 is 0 Å². The van der Waals surface area contributed by atoms with E-state index in [4.69, 9.17) is 12.2 Å². The maximum atomic E-state index is 5.19. The minimum absolute atomic E-state index is 0.443. The number of hydrogen-bond donors (Lipinski definition) is 1. The van der Waals surface area contributed by atoms with Crippen LogP contribution in [-0.2, 0) is 0 Å². The molecule has 1 aliphatic rings. The van der Waals surface area contributed by atoms with Crippen LogP contribution in [0.25, 0.3) is 0 Å². The number of aromatic nitrogens is 2. The van der Waals surface area contributed by atoms with Gasteiger partial charge in [0.25, 0.3) is 0 Å². The Morgan fingerprint density at radius 2 is 2.27 bits per heavy atom. The zero-order valence-corrected chi connectivity index (χ0v) is 12.2. The van der Waals surface area contributed by atoms with Crippen LogP contribution in [0.2, 0.25) is 0 Å². The fourth-order valence-corrected chi connectivity index (χ4v) is 4.55. The lowest BCUT2D eigenvalue weighted by Crippen LogP contribution is -2.18. The van der Waals surface area contributed by atoms with Crippen molar-refractivity contribution >= 4 is 51.7 Å². The molecule has 2 rings (SSSR count). The lowest BCUT2D eigenvalue weighted by molar-refractivity contribution is 0.817. The maximum Gasteiger partial charge on any atom is 0.121 e. The summed E-state index contributed by atoms with van der Waals surface area (Å²) in [6.45, 7) is 2.25. The van der Waals surface area contributed by atoms with E-state index in [1.54, 1.807) is 6.20 Å². The molecular formula is C9H11BrN2S3. The zero-order valence-electron chi connectivity index (χ0n) is 8.20. The Morgan fingerprint density at radius 1 is 1.53 bits per heavy atom. The van der Waals surface area contributed by atoms with Crippen molar-refractivity contribution in [2.75, 3.05) is 11.5 Å². The maximum absolute atomic E-state index is 5.19. The largest absolute Gasteiger partial charge is 0.333 e. The quantitative estimate of drug-likeness (QED) is 0.796. The Bertz CT molecular complexity index is 407. The highest BCUT2D eigenvalue weighted by Crippen LogP contribution is 2.40. The molecule has 0 saturated carbocycles. The number of H-pyrrole nitrogens is 1. The summed E-state index contributed by atoms with van der Waals surface area (Å²) in [6, 6.07) is 0. The summed E-state index contributed by atoms with van der Waals surface area (Å²) in [5.74, 6) is 3.44. The van der Waals surface area contributed by atoms with Crippen LogP contribution >= 0.6 is 51.7 Å². The number of nitrogens with one attached hydrogen (secondary N) is 1. The Balaban J connectivity index is 2.28. The topological polar surface area (TPSA) is 28.7 Å². The van der Waals surface area contributed by atoms with Crippen molar-refractivity contribution in [3.63, 3.8) is 0 Å². The van der Waals surface area contributed by atoms with Crippen LogP contribution in [0.3, 0.4) is 0 Å². The molecule has 6 heteroatoms. The van der Waals surface area contributed by atoms with Crippen molar-refractivity contribution in [2.24, 2.45) is 0 Å². The monoisotopic (exact) mass is 322 g/mol. The van der Waals surface area contributed by atoms with Gasteiger partial charge in [-0.15, -0.1) is 11.8 Å². The van der Waals surface area contributed by atoms with E-state index in [1.165, 1.54) is 11.5 Å². The molecule has 1 aromatic heterocycles. The van der Waals surface area contributed by atoms with Crippen molar-refractivity contribution < 1.29 is 0 Å². The van der Waals surface area contributed by atoms with Crippen LogP contribution in [0.4, 0.5) is 0 Å². The van der Waals surface area contributed by atoms with Crippen LogP contribution in [0.1, 0.15) is 18.0 Å². The molecule has 15 heavy (non-hydrogen) atoms. The molecule has 1 N–H and O–H groups in total. The third-order valence-corrected chi connectivity index (χ3v) is 6.52. The van der Waals surface area contributed by atoms with Crippen LogP contribution < -0.4 is 0 Å². The molecule has 0 amide bonds. The Morgan fingerprint density at radius 3 is 2.93 bits per heavy atom. The molecule has 0 aliphatic carbocycles. The van der Waals surface area contributed by atoms with Gasteiger partial charge in [0.15, 0.2) is 0 Å². The molecule has 1 saturated heterocycles. The number of aromatic amines is 1. The average molecular weight is 323 g/mol. The Kier molecular flexibility index (Phi) is 4.15. The first-order valence-electron chi connectivity index (χ1n) is 4.66. The number of nitrogens with zero attached hydrogens (tertiary/aromatic N) is 1. The highest BCUT2D eigenvalue weighted by atomic mass is 79.9. The van der Waals surface area contributed by atoms with E-state index < -0.39 is 0 Å². The number of hydrogen-bond acceptors (Lipinski definition) is 4. The smallest absolute Gasteiger partial charge is 0.121 e. The lowest BCUT2D eigenvalue weighted by atomic mass is 10.3. The molecule has 1 aliphatic heterocycles. The molecule has 2 nitrogen and oxygen atoms in total. The average Bonchev–Trinajstić information content (AvgIpc) is 2.23. The summed E-state index contributed by atoms with van der Waals surface area (Å²) in [4.78, 5) is 7.61. The second-order valence-electron chi connectivity index (χ2n) is 3.31. The minimum atomic E-state index is 0.443. The van der Waals surface area contributed by atoms with E-state index in [-0.39, 0.29) is 0 Å². The van der Waals surface area contributed by atoms with Gasteiger partial charge in [0.05, 0.1) is 9.72 Å². The van der Waals surface area contributed by atoms with Gasteiger partial charge in [-0.25, -0.2) is 4.98 Å². The first kappa shape index (κ1) is 12.0. The molecule has 2 atom stereocenters. The molecule has 2 heterocycles. The Hall–Kier alpha value is 0.480. The summed E-state index contributed by atoms with van der Waals surface area (Å²) in [5.41, 5.74) is 0. The lowest BCUT2D eigenvalue weighted by Gasteiger charge is -2.26. The molecule has 0 spiro atoms. The molecule has 0 radical (unpaired) electrons. The van der Waals surface area contributed by atoms with Gasteiger partial charge in [0, 0.05) is 23.0 Å². The normalized spacial score (nSPS) is 26.5. The van der Waals surface area contributed by atoms with Gasteiger partial charge in [0.1, 0.15) is 10.5 Å². The summed E-state index contributed by atoms with van der Waals surface area (Å²) < 4.78 is 1.60. The van der Waals surface area contributed by atoms with E-state index in [2.05, 4.69) is 32.8 Å². The van der Waals surface area contributed by atoms with Gasteiger partial charge in [-0.05, 0) is 15.9 Å². The van der Waals surface area contributed by atoms with Crippen molar-refractivity contribution in [2.45, 2.75) is 17.4 Å². The van der Waals surface area contributed by atoms with Gasteiger partial charge in [-0.3, -0.25) is 0 Å². The second-order valence-corrected chi connectivity index (χ2v) is 7.31. The number of halogens is 1. The van der Waals surface area contributed by atoms with Crippen LogP contribution in [0.15, 0.2) is 10.7 Å². The van der Waals surface area contributed by atoms with Gasteiger partial charge < -0.3 is 4.98 Å². The van der Waals surface area contributed by atoms with Crippen molar-refractivity contribution in [3.05, 3.63) is 21.1 Å². The summed E-state index contributed by atoms with van der Waals surface area (Å²) in [7, 11) is 0. The van der Waals surface area contributed by atoms with Crippen LogP contribution in [0, 0.1) is 4.64 Å². The first-order valence-corrected chi connectivity index (χ1v) is 7.96. The zero-order chi connectivity index (χ0) is 10.8. The fourth-order valence-electron chi connectivity index (χ4n) is 1.47. The highest BCUT2D eigenvalue weighted by molar-refractivity contribution is 9.10. The van der Waals surface area contributed by atoms with Crippen molar-refractivity contribution in [1.82, 2.24) is 9.97 Å². The predicted molar refractivity (Wildman–Crippen MR) is 74.2 cm³/mol. The number of rotatable bonds is 1. The van der Waals surface area contributed by atoms with E-state index in [0.717, 1.165) is 14.9 Å². The summed E-state index contributed by atoms with van der Waals surface area (Å²) in [6.07, 6.45) is 1.79. The molecule has 2 unspecified atom stereocenters. The van der Waals surface area contributed by atoms with Crippen LogP contribution in [-0.4, -0.2) is 26.7 Å². The number of thioether (sulfide) groups is 2. The summed E-state index contributed by atoms with van der Waals surface area (Å²) >= 11 is 12.5. The van der Waals surface area contributed by atoms with E-state index in [9.17, 15) is 0 Å². The van der Waals surface area contributed by atoms with E-state index in [1.807, 2.05) is 23.5 Å². The predicted octanol–water partition coefficient (Wildman–Crippen LogP) is 3.81. The van der Waals surface area contributed by atoms with Crippen molar-refractivity contribution in [1.29, 1.82) is 0 Å². The molecule has 0 bridgehead atoms. The Labute approximate surface area is 111 Å². The highest BCUT2D eigenvalue weighted by Gasteiger charge is 2.25. The molecule has 1 fully saturated rings. The van der Waals surface area contributed by atoms with Gasteiger partial charge >= 0.3 is 0 Å². The van der Waals surface area contributed by atoms with Gasteiger partial charge in [-0.1, -0.05) is 19.1 Å². The van der Waals surface area contributed by atoms with E-state index in [0.29, 0.717) is 10.5 Å². The molecule has 0 aromatic carbocycles. The molecule has 82 valence electrons. The fraction of sp³-hybridized carbons (Fsp3) is 0.556. The van der Waals surface area contributed by atoms with Crippen LogP contribution in [0.5, 0.6) is 0 Å². The standard InChI is InChI=1S/C9H11BrN2S3/c1-5-7(15-3-2-14-5)8-11-4-6(10)9(13)12-8/h4-5,7H,2-3H2,1H3,(H,11,12,13). The third-order valence-electron chi connectivity index (χ3n) is 2.23. The second kappa shape index (κ2) is 5.21. The third kappa shape index (κ3) is 2.78. The molecule has 1 aromatic rings.